The summed E-state index contributed by atoms with van der Waals surface area (Å²) in [6.07, 6.45) is -8.57. The Balaban J connectivity index is 1.35. The van der Waals surface area contributed by atoms with Crippen LogP contribution in [0.5, 0.6) is 5.75 Å². The molecule has 0 bridgehead atoms. The van der Waals surface area contributed by atoms with Gasteiger partial charge in [-0.1, -0.05) is 6.07 Å². The fourth-order valence-electron chi connectivity index (χ4n) is 6.86. The zero-order valence-electron chi connectivity index (χ0n) is 27.0. The van der Waals surface area contributed by atoms with E-state index in [4.69, 9.17) is 19.2 Å². The Kier molecular flexibility index (Phi) is 9.14. The van der Waals surface area contributed by atoms with Crippen molar-refractivity contribution in [2.24, 2.45) is 5.92 Å². The van der Waals surface area contributed by atoms with Crippen LogP contribution < -0.4 is 9.64 Å². The quantitative estimate of drug-likeness (QED) is 0.178. The van der Waals surface area contributed by atoms with Crippen molar-refractivity contribution >= 4 is 11.8 Å². The van der Waals surface area contributed by atoms with E-state index in [-0.39, 0.29) is 42.7 Å². The van der Waals surface area contributed by atoms with Gasteiger partial charge in [0, 0.05) is 36.8 Å². The molecule has 1 saturated carbocycles. The number of methoxy groups -OCH3 is 2. The lowest BCUT2D eigenvalue weighted by molar-refractivity contribution is -0.149. The molecule has 2 atom stereocenters. The number of alkyl halides is 6. The Hall–Kier alpha value is -3.84. The molecule has 3 fully saturated rings. The van der Waals surface area contributed by atoms with E-state index in [2.05, 4.69) is 11.0 Å². The van der Waals surface area contributed by atoms with E-state index in [9.17, 15) is 31.1 Å². The summed E-state index contributed by atoms with van der Waals surface area (Å²) in [5.41, 5.74) is 1.37. The molecule has 1 aliphatic carbocycles. The third-order valence-electron chi connectivity index (χ3n) is 9.82. The first-order valence-electron chi connectivity index (χ1n) is 15.8. The number of aryl methyl sites for hydroxylation is 1. The predicted octanol–water partition coefficient (Wildman–Crippen LogP) is 7.90. The molecule has 2 saturated heterocycles. The van der Waals surface area contributed by atoms with Crippen LogP contribution in [-0.4, -0.2) is 55.9 Å². The smallest absolute Gasteiger partial charge is 0.416 e. The van der Waals surface area contributed by atoms with E-state index < -0.39 is 35.6 Å². The SMILES string of the molecule is COC(=O)C1CC(c2ccc(OC)c(-c3c(C)cc(N4CCC4)nc3CN3CO[C@H](c4cc(C(F)(F)F)cc(C(F)(F)F)c4)[C@@H]3C)c2)C1. The maximum Gasteiger partial charge on any atom is 0.416 e. The summed E-state index contributed by atoms with van der Waals surface area (Å²) in [5.74, 6) is 1.22. The minimum Gasteiger partial charge on any atom is -0.496 e. The van der Waals surface area contributed by atoms with Crippen LogP contribution in [0.15, 0.2) is 42.5 Å². The maximum absolute atomic E-state index is 13.6. The van der Waals surface area contributed by atoms with Gasteiger partial charge in [0.2, 0.25) is 0 Å². The molecule has 3 aromatic rings. The summed E-state index contributed by atoms with van der Waals surface area (Å²) in [4.78, 5) is 21.1. The molecule has 2 aliphatic heterocycles. The number of hydrogen-bond donors (Lipinski definition) is 0. The molecule has 48 heavy (non-hydrogen) atoms. The van der Waals surface area contributed by atoms with Crippen LogP contribution in [-0.2, 0) is 33.2 Å². The number of hydrogen-bond acceptors (Lipinski definition) is 7. The molecule has 0 N–H and O–H groups in total. The first-order chi connectivity index (χ1) is 22.7. The molecule has 13 heteroatoms. The predicted molar refractivity (Wildman–Crippen MR) is 165 cm³/mol. The van der Waals surface area contributed by atoms with Crippen molar-refractivity contribution in [2.75, 3.05) is 38.9 Å². The van der Waals surface area contributed by atoms with Gasteiger partial charge in [0.1, 0.15) is 18.3 Å². The Bertz CT molecular complexity index is 1650. The van der Waals surface area contributed by atoms with Crippen molar-refractivity contribution in [3.63, 3.8) is 0 Å². The van der Waals surface area contributed by atoms with Crippen molar-refractivity contribution in [1.82, 2.24) is 9.88 Å². The number of anilines is 1. The minimum absolute atomic E-state index is 0.0221. The van der Waals surface area contributed by atoms with E-state index in [0.29, 0.717) is 24.3 Å². The first kappa shape index (κ1) is 34.0. The van der Waals surface area contributed by atoms with Crippen molar-refractivity contribution in [3.8, 4) is 16.9 Å². The third kappa shape index (κ3) is 6.58. The molecule has 0 spiro atoms. The van der Waals surface area contributed by atoms with E-state index in [0.717, 1.165) is 59.7 Å². The highest BCUT2D eigenvalue weighted by molar-refractivity contribution is 5.78. The normalized spacial score (nSPS) is 23.1. The highest BCUT2D eigenvalue weighted by atomic mass is 19.4. The number of esters is 1. The molecule has 2 aromatic carbocycles. The lowest BCUT2D eigenvalue weighted by Crippen LogP contribution is -2.38. The molecule has 7 nitrogen and oxygen atoms in total. The van der Waals surface area contributed by atoms with Crippen LogP contribution in [0.25, 0.3) is 11.1 Å². The second-order valence-electron chi connectivity index (χ2n) is 12.9. The van der Waals surface area contributed by atoms with Crippen molar-refractivity contribution in [1.29, 1.82) is 0 Å². The molecule has 6 rings (SSSR count). The molecule has 1 aromatic heterocycles. The standard InChI is InChI=1S/C35H37F6N3O4/c1-19-10-30(43-8-5-9-43)42-28(31(19)27-15-21(6-7-29(27)46-3)22-11-24(12-22)33(45)47-4)17-44-18-48-32(20(44)2)23-13-25(34(36,37)38)16-26(14-23)35(39,40)41/h6-7,10,13-16,20,22,24,32H,5,8-9,11-12,17-18H2,1-4H3/t20-,22?,24?,32-/m0/s1. The number of pyridine rings is 1. The van der Waals surface area contributed by atoms with Gasteiger partial charge in [-0.3, -0.25) is 9.69 Å². The topological polar surface area (TPSA) is 64.1 Å². The molecule has 0 amide bonds. The molecular weight excluding hydrogens is 640 g/mol. The Morgan fingerprint density at radius 3 is 2.19 bits per heavy atom. The van der Waals surface area contributed by atoms with Crippen LogP contribution in [0.3, 0.4) is 0 Å². The average molecular weight is 678 g/mol. The van der Waals surface area contributed by atoms with Crippen molar-refractivity contribution in [2.45, 2.75) is 70.1 Å². The van der Waals surface area contributed by atoms with Crippen LogP contribution in [0.4, 0.5) is 32.2 Å². The van der Waals surface area contributed by atoms with E-state index in [1.807, 2.05) is 30.0 Å². The number of carbonyl (C=O) groups is 1. The first-order valence-corrected chi connectivity index (χ1v) is 15.8. The summed E-state index contributed by atoms with van der Waals surface area (Å²) < 4.78 is 98.4. The Labute approximate surface area is 274 Å². The lowest BCUT2D eigenvalue weighted by atomic mass is 9.71. The van der Waals surface area contributed by atoms with E-state index in [1.54, 1.807) is 14.0 Å². The highest BCUT2D eigenvalue weighted by Gasteiger charge is 2.41. The molecular formula is C35H37F6N3O4. The Morgan fingerprint density at radius 2 is 1.62 bits per heavy atom. The van der Waals surface area contributed by atoms with Crippen molar-refractivity contribution < 1.29 is 45.3 Å². The van der Waals surface area contributed by atoms with Gasteiger partial charge in [0.15, 0.2) is 0 Å². The number of halogens is 6. The molecule has 0 unspecified atom stereocenters. The molecule has 258 valence electrons. The fraction of sp³-hybridized carbons (Fsp3) is 0.486. The van der Waals surface area contributed by atoms with Gasteiger partial charge < -0.3 is 19.1 Å². The lowest BCUT2D eigenvalue weighted by Gasteiger charge is -2.34. The second-order valence-corrected chi connectivity index (χ2v) is 12.9. The van der Waals surface area contributed by atoms with Gasteiger partial charge in [0.05, 0.1) is 43.1 Å². The molecule has 3 heterocycles. The zero-order chi connectivity index (χ0) is 34.5. The van der Waals surface area contributed by atoms with Gasteiger partial charge in [-0.15, -0.1) is 0 Å². The van der Waals surface area contributed by atoms with Crippen LogP contribution in [0, 0.1) is 12.8 Å². The summed E-state index contributed by atoms with van der Waals surface area (Å²) in [7, 11) is 2.97. The van der Waals surface area contributed by atoms with Gasteiger partial charge in [-0.05, 0) is 92.1 Å². The molecule has 0 radical (unpaired) electrons. The maximum atomic E-state index is 13.6. The zero-order valence-corrected chi connectivity index (χ0v) is 27.0. The fourth-order valence-corrected chi connectivity index (χ4v) is 6.86. The number of rotatable bonds is 8. The van der Waals surface area contributed by atoms with E-state index >= 15 is 0 Å². The van der Waals surface area contributed by atoms with Crippen LogP contribution in [0.2, 0.25) is 0 Å². The summed E-state index contributed by atoms with van der Waals surface area (Å²) in [5, 5.41) is 0. The summed E-state index contributed by atoms with van der Waals surface area (Å²) in [6.45, 7) is 5.63. The Morgan fingerprint density at radius 1 is 0.958 bits per heavy atom. The number of ether oxygens (including phenoxy) is 3. The third-order valence-corrected chi connectivity index (χ3v) is 9.82. The van der Waals surface area contributed by atoms with Gasteiger partial charge in [-0.2, -0.15) is 26.3 Å². The van der Waals surface area contributed by atoms with Crippen LogP contribution >= 0.6 is 0 Å². The summed E-state index contributed by atoms with van der Waals surface area (Å²) in [6, 6.07) is 8.99. The van der Waals surface area contributed by atoms with Gasteiger partial charge in [-0.25, -0.2) is 4.98 Å². The molecule has 3 aliphatic rings. The monoisotopic (exact) mass is 677 g/mol. The largest absolute Gasteiger partial charge is 0.496 e. The number of benzene rings is 2. The average Bonchev–Trinajstić information content (AvgIpc) is 3.33. The summed E-state index contributed by atoms with van der Waals surface area (Å²) >= 11 is 0. The minimum atomic E-state index is -4.96. The number of nitrogens with zero attached hydrogens (tertiary/aromatic N) is 3. The van der Waals surface area contributed by atoms with Crippen LogP contribution in [0.1, 0.15) is 71.7 Å². The van der Waals surface area contributed by atoms with Gasteiger partial charge in [0.25, 0.3) is 0 Å². The van der Waals surface area contributed by atoms with Gasteiger partial charge >= 0.3 is 18.3 Å². The number of aromatic nitrogens is 1. The van der Waals surface area contributed by atoms with Crippen molar-refractivity contribution in [3.05, 3.63) is 76.0 Å². The van der Waals surface area contributed by atoms with E-state index in [1.165, 1.54) is 7.11 Å². The second kappa shape index (κ2) is 12.9. The number of carbonyl (C=O) groups excluding carboxylic acids is 1. The highest BCUT2D eigenvalue weighted by Crippen LogP contribution is 2.46.